The highest BCUT2D eigenvalue weighted by atomic mass is 32.2. The number of rotatable bonds is 3. The highest BCUT2D eigenvalue weighted by molar-refractivity contribution is 7.89. The number of aromatic nitrogens is 1. The molecule has 1 fully saturated rings. The van der Waals surface area contributed by atoms with Crippen molar-refractivity contribution in [3.63, 3.8) is 0 Å². The van der Waals surface area contributed by atoms with Crippen molar-refractivity contribution in [2.75, 3.05) is 13.2 Å². The molecule has 100 valence electrons. The predicted octanol–water partition coefficient (Wildman–Crippen LogP) is 0.222. The minimum atomic E-state index is -3.61. The van der Waals surface area contributed by atoms with E-state index in [2.05, 4.69) is 9.71 Å². The summed E-state index contributed by atoms with van der Waals surface area (Å²) < 4.78 is 32.2. The Morgan fingerprint density at radius 2 is 2.00 bits per heavy atom. The van der Waals surface area contributed by atoms with Gasteiger partial charge in [0.25, 0.3) is 0 Å². The van der Waals surface area contributed by atoms with Crippen molar-refractivity contribution in [3.8, 4) is 0 Å². The fourth-order valence-electron chi connectivity index (χ4n) is 1.87. The first-order valence-corrected chi connectivity index (χ1v) is 7.20. The van der Waals surface area contributed by atoms with E-state index < -0.39 is 15.6 Å². The lowest BCUT2D eigenvalue weighted by Gasteiger charge is -2.33. The smallest absolute Gasteiger partial charge is 0.247 e. The molecule has 1 saturated heterocycles. The third-order valence-electron chi connectivity index (χ3n) is 3.04. The molecule has 18 heavy (non-hydrogen) atoms. The fourth-order valence-corrected chi connectivity index (χ4v) is 3.30. The summed E-state index contributed by atoms with van der Waals surface area (Å²) in [6.07, 6.45) is 2.47. The summed E-state index contributed by atoms with van der Waals surface area (Å²) in [5.41, 5.74) is -0.820. The van der Waals surface area contributed by atoms with Gasteiger partial charge in [0.1, 0.15) is 0 Å². The molecule has 1 aromatic rings. The minimum absolute atomic E-state index is 0.0646. The van der Waals surface area contributed by atoms with Crippen LogP contribution in [0.4, 0.5) is 0 Å². The van der Waals surface area contributed by atoms with Crippen LogP contribution >= 0.6 is 0 Å². The Bertz CT molecular complexity index is 552. The average molecular weight is 272 g/mol. The SMILES string of the molecule is CC1(NS(=O)(=O)c2ccc(=O)[nH]c2)CCOCC1. The van der Waals surface area contributed by atoms with E-state index in [1.807, 2.05) is 6.92 Å². The maximum absolute atomic E-state index is 12.1. The molecule has 0 aliphatic carbocycles. The lowest BCUT2D eigenvalue weighted by atomic mass is 9.94. The normalized spacial score (nSPS) is 19.6. The fraction of sp³-hybridized carbons (Fsp3) is 0.545. The highest BCUT2D eigenvalue weighted by Crippen LogP contribution is 2.22. The Kier molecular flexibility index (Phi) is 3.56. The van der Waals surface area contributed by atoms with Crippen molar-refractivity contribution in [3.05, 3.63) is 28.7 Å². The van der Waals surface area contributed by atoms with Crippen molar-refractivity contribution >= 4 is 10.0 Å². The number of nitrogens with one attached hydrogen (secondary N) is 2. The van der Waals surface area contributed by atoms with Gasteiger partial charge in [0.05, 0.1) is 4.90 Å². The Balaban J connectivity index is 2.21. The number of aromatic amines is 1. The van der Waals surface area contributed by atoms with E-state index in [0.717, 1.165) is 0 Å². The zero-order valence-corrected chi connectivity index (χ0v) is 10.9. The van der Waals surface area contributed by atoms with Crippen LogP contribution < -0.4 is 10.3 Å². The van der Waals surface area contributed by atoms with Crippen LogP contribution in [0, 0.1) is 0 Å². The van der Waals surface area contributed by atoms with E-state index in [4.69, 9.17) is 4.74 Å². The van der Waals surface area contributed by atoms with E-state index in [1.54, 1.807) is 0 Å². The van der Waals surface area contributed by atoms with Gasteiger partial charge in [-0.15, -0.1) is 0 Å². The number of hydrogen-bond donors (Lipinski definition) is 2. The topological polar surface area (TPSA) is 88.3 Å². The van der Waals surface area contributed by atoms with Gasteiger partial charge >= 0.3 is 0 Å². The van der Waals surface area contributed by atoms with Gasteiger partial charge in [0.2, 0.25) is 15.6 Å². The number of sulfonamides is 1. The van der Waals surface area contributed by atoms with Crippen molar-refractivity contribution in [2.24, 2.45) is 0 Å². The molecule has 7 heteroatoms. The second-order valence-electron chi connectivity index (χ2n) is 4.67. The molecule has 0 radical (unpaired) electrons. The van der Waals surface area contributed by atoms with Crippen molar-refractivity contribution < 1.29 is 13.2 Å². The van der Waals surface area contributed by atoms with Gasteiger partial charge < -0.3 is 9.72 Å². The van der Waals surface area contributed by atoms with Crippen molar-refractivity contribution in [2.45, 2.75) is 30.2 Å². The summed E-state index contributed by atoms with van der Waals surface area (Å²) in [6.45, 7) is 2.95. The third kappa shape index (κ3) is 2.98. The molecule has 1 aliphatic heterocycles. The summed E-state index contributed by atoms with van der Waals surface area (Å²) in [4.78, 5) is 13.3. The van der Waals surface area contributed by atoms with Crippen molar-refractivity contribution in [1.29, 1.82) is 0 Å². The van der Waals surface area contributed by atoms with Crippen LogP contribution in [0.3, 0.4) is 0 Å². The molecular weight excluding hydrogens is 256 g/mol. The quantitative estimate of drug-likeness (QED) is 0.824. The molecule has 2 rings (SSSR count). The first-order chi connectivity index (χ1) is 8.41. The third-order valence-corrected chi connectivity index (χ3v) is 4.68. The van der Waals surface area contributed by atoms with Gasteiger partial charge in [-0.05, 0) is 25.8 Å². The van der Waals surface area contributed by atoms with E-state index in [-0.39, 0.29) is 10.5 Å². The van der Waals surface area contributed by atoms with Crippen LogP contribution in [-0.4, -0.2) is 32.2 Å². The summed E-state index contributed by atoms with van der Waals surface area (Å²) in [7, 11) is -3.61. The predicted molar refractivity (Wildman–Crippen MR) is 65.8 cm³/mol. The lowest BCUT2D eigenvalue weighted by molar-refractivity contribution is 0.0537. The zero-order chi connectivity index (χ0) is 13.2. The minimum Gasteiger partial charge on any atom is -0.381 e. The summed E-state index contributed by atoms with van der Waals surface area (Å²) in [5, 5.41) is 0. The average Bonchev–Trinajstić information content (AvgIpc) is 2.29. The van der Waals surface area contributed by atoms with Gasteiger partial charge in [-0.2, -0.15) is 0 Å². The van der Waals surface area contributed by atoms with Crippen LogP contribution in [0.15, 0.2) is 28.0 Å². The van der Waals surface area contributed by atoms with Crippen LogP contribution in [0.2, 0.25) is 0 Å². The first kappa shape index (κ1) is 13.3. The molecule has 1 aliphatic rings. The van der Waals surface area contributed by atoms with Gasteiger partial charge in [-0.1, -0.05) is 0 Å². The van der Waals surface area contributed by atoms with Gasteiger partial charge in [-0.3, -0.25) is 4.79 Å². The van der Waals surface area contributed by atoms with Gasteiger partial charge in [-0.25, -0.2) is 13.1 Å². The number of hydrogen-bond acceptors (Lipinski definition) is 4. The zero-order valence-electron chi connectivity index (χ0n) is 10.1. The molecule has 2 N–H and O–H groups in total. The second-order valence-corrected chi connectivity index (χ2v) is 6.35. The van der Waals surface area contributed by atoms with E-state index in [9.17, 15) is 13.2 Å². The molecule has 0 bridgehead atoms. The summed E-state index contributed by atoms with van der Waals surface area (Å²) in [6, 6.07) is 2.49. The Labute approximate surface area is 105 Å². The maximum atomic E-state index is 12.1. The Morgan fingerprint density at radius 1 is 1.33 bits per heavy atom. The number of ether oxygens (including phenoxy) is 1. The number of H-pyrrole nitrogens is 1. The second kappa shape index (κ2) is 4.83. The molecule has 1 aromatic heterocycles. The first-order valence-electron chi connectivity index (χ1n) is 5.72. The van der Waals surface area contributed by atoms with Crippen LogP contribution in [0.1, 0.15) is 19.8 Å². The summed E-state index contributed by atoms with van der Waals surface area (Å²) >= 11 is 0. The molecule has 0 atom stereocenters. The van der Waals surface area contributed by atoms with Crippen molar-refractivity contribution in [1.82, 2.24) is 9.71 Å². The summed E-state index contributed by atoms with van der Waals surface area (Å²) in [5.74, 6) is 0. The van der Waals surface area contributed by atoms with Gasteiger partial charge in [0.15, 0.2) is 0 Å². The van der Waals surface area contributed by atoms with E-state index >= 15 is 0 Å². The molecule has 0 spiro atoms. The number of pyridine rings is 1. The molecule has 2 heterocycles. The lowest BCUT2D eigenvalue weighted by Crippen LogP contribution is -2.49. The molecule has 0 amide bonds. The van der Waals surface area contributed by atoms with E-state index in [1.165, 1.54) is 18.3 Å². The highest BCUT2D eigenvalue weighted by Gasteiger charge is 2.32. The molecule has 6 nitrogen and oxygen atoms in total. The monoisotopic (exact) mass is 272 g/mol. The maximum Gasteiger partial charge on any atom is 0.247 e. The Morgan fingerprint density at radius 3 is 2.56 bits per heavy atom. The molecule has 0 aromatic carbocycles. The van der Waals surface area contributed by atoms with Gasteiger partial charge in [0, 0.05) is 31.0 Å². The van der Waals surface area contributed by atoms with Crippen LogP contribution in [0.25, 0.3) is 0 Å². The van der Waals surface area contributed by atoms with E-state index in [0.29, 0.717) is 26.1 Å². The van der Waals surface area contributed by atoms with Crippen LogP contribution in [0.5, 0.6) is 0 Å². The Hall–Kier alpha value is -1.18. The largest absolute Gasteiger partial charge is 0.381 e. The van der Waals surface area contributed by atoms with Crippen LogP contribution in [-0.2, 0) is 14.8 Å². The molecule has 0 unspecified atom stereocenters. The molecular formula is C11H16N2O4S. The molecule has 0 saturated carbocycles. The standard InChI is InChI=1S/C11H16N2O4S/c1-11(4-6-17-7-5-11)13-18(15,16)9-2-3-10(14)12-8-9/h2-3,8,13H,4-7H2,1H3,(H,12,14).